The van der Waals surface area contributed by atoms with Crippen LogP contribution in [0.2, 0.25) is 0 Å². The van der Waals surface area contributed by atoms with Crippen LogP contribution in [-0.4, -0.2) is 89.2 Å². The number of aliphatic hydroxyl groups is 1. The van der Waals surface area contributed by atoms with Crippen molar-refractivity contribution in [3.05, 3.63) is 16.1 Å². The van der Waals surface area contributed by atoms with Crippen LogP contribution in [0.3, 0.4) is 0 Å². The van der Waals surface area contributed by atoms with Crippen molar-refractivity contribution >= 4 is 35.1 Å². The Bertz CT molecular complexity index is 1020. The molecule has 1 aromatic heterocycles. The van der Waals surface area contributed by atoms with Gasteiger partial charge in [-0.3, -0.25) is 19.3 Å². The molecule has 1 aliphatic rings. The number of likely N-dealkylation sites (N-methyl/N-ethyl adjacent to an activating group) is 1. The van der Waals surface area contributed by atoms with Crippen LogP contribution in [0.5, 0.6) is 0 Å². The third-order valence-electron chi connectivity index (χ3n) is 7.79. The highest BCUT2D eigenvalue weighted by Crippen LogP contribution is 2.29. The van der Waals surface area contributed by atoms with Crippen LogP contribution in [0.15, 0.2) is 5.38 Å². The average molecular weight is 597 g/mol. The number of nitrogens with zero attached hydrogens (tertiary/aromatic N) is 3. The minimum atomic E-state index is -1.08. The van der Waals surface area contributed by atoms with E-state index < -0.39 is 30.1 Å². The summed E-state index contributed by atoms with van der Waals surface area (Å²) in [5, 5.41) is 16.0. The van der Waals surface area contributed by atoms with Crippen LogP contribution in [0, 0.1) is 11.8 Å². The number of amides is 2. The van der Waals surface area contributed by atoms with Gasteiger partial charge in [0, 0.05) is 24.3 Å². The number of hydrogen-bond acceptors (Lipinski definition) is 10. The second kappa shape index (κ2) is 16.8. The first-order valence-electron chi connectivity index (χ1n) is 14.6. The Labute approximate surface area is 248 Å². The van der Waals surface area contributed by atoms with Crippen molar-refractivity contribution in [2.45, 2.75) is 104 Å². The number of piperidine rings is 1. The largest absolute Gasteiger partial charge is 0.464 e. The summed E-state index contributed by atoms with van der Waals surface area (Å²) >= 11 is 1.13. The fourth-order valence-corrected chi connectivity index (χ4v) is 5.77. The maximum Gasteiger partial charge on any atom is 0.357 e. The number of rotatable bonds is 15. The van der Waals surface area contributed by atoms with Gasteiger partial charge in [-0.15, -0.1) is 11.3 Å². The smallest absolute Gasteiger partial charge is 0.357 e. The number of aromatic nitrogens is 1. The predicted octanol–water partition coefficient (Wildman–Crippen LogP) is 3.52. The van der Waals surface area contributed by atoms with Crippen molar-refractivity contribution in [2.24, 2.45) is 11.8 Å². The van der Waals surface area contributed by atoms with Crippen molar-refractivity contribution in [3.8, 4) is 0 Å². The molecule has 3 unspecified atom stereocenters. The van der Waals surface area contributed by atoms with E-state index in [9.17, 15) is 24.3 Å². The molecule has 1 fully saturated rings. The molecule has 0 aliphatic carbocycles. The number of hydrogen-bond donors (Lipinski definition) is 2. The van der Waals surface area contributed by atoms with Gasteiger partial charge < -0.3 is 24.8 Å². The molecule has 2 N–H and O–H groups in total. The normalized spacial score (nSPS) is 18.7. The summed E-state index contributed by atoms with van der Waals surface area (Å²) in [4.78, 5) is 59.6. The summed E-state index contributed by atoms with van der Waals surface area (Å²) < 4.78 is 10.2. The van der Waals surface area contributed by atoms with Crippen LogP contribution in [0.1, 0.15) is 101 Å². The molecular formula is C29H48N4O7S. The van der Waals surface area contributed by atoms with Crippen molar-refractivity contribution in [1.29, 1.82) is 0 Å². The Hall–Kier alpha value is -2.57. The van der Waals surface area contributed by atoms with Gasteiger partial charge in [-0.25, -0.2) is 9.78 Å². The minimum absolute atomic E-state index is 0.0927. The minimum Gasteiger partial charge on any atom is -0.464 e. The molecule has 0 bridgehead atoms. The van der Waals surface area contributed by atoms with Crippen molar-refractivity contribution in [2.75, 3.05) is 27.4 Å². The van der Waals surface area contributed by atoms with E-state index in [0.29, 0.717) is 17.8 Å². The van der Waals surface area contributed by atoms with Gasteiger partial charge in [-0.05, 0) is 44.7 Å². The molecule has 41 heavy (non-hydrogen) atoms. The lowest BCUT2D eigenvalue weighted by atomic mass is 9.92. The number of nitrogens with one attached hydrogen (secondary N) is 1. The average Bonchev–Trinajstić information content (AvgIpc) is 3.45. The number of carbonyl (C=O) groups excluding carboxylic acids is 4. The van der Waals surface area contributed by atoms with E-state index in [-0.39, 0.29) is 55.0 Å². The molecular weight excluding hydrogens is 548 g/mol. The van der Waals surface area contributed by atoms with Crippen LogP contribution < -0.4 is 5.32 Å². The molecule has 0 aromatic carbocycles. The van der Waals surface area contributed by atoms with E-state index in [1.807, 2.05) is 46.6 Å². The van der Waals surface area contributed by atoms with Gasteiger partial charge in [0.15, 0.2) is 12.4 Å². The van der Waals surface area contributed by atoms with Gasteiger partial charge in [0.1, 0.15) is 17.2 Å². The van der Waals surface area contributed by atoms with Crippen molar-refractivity contribution < 1.29 is 33.8 Å². The molecule has 12 heteroatoms. The summed E-state index contributed by atoms with van der Waals surface area (Å²) in [5.41, 5.74) is 0.0984. The lowest BCUT2D eigenvalue weighted by molar-refractivity contribution is -0.159. The van der Waals surface area contributed by atoms with Crippen LogP contribution in [-0.2, 0) is 23.9 Å². The zero-order valence-electron chi connectivity index (χ0n) is 25.6. The molecule has 0 saturated carbocycles. The number of esters is 2. The van der Waals surface area contributed by atoms with E-state index in [1.54, 1.807) is 0 Å². The molecule has 0 spiro atoms. The zero-order chi connectivity index (χ0) is 30.7. The van der Waals surface area contributed by atoms with E-state index in [4.69, 9.17) is 9.47 Å². The molecule has 2 amide bonds. The SMILES string of the molecule is CCCC(=O)OCN(C(=O)C(NC(=O)C1CCCCN1C)C(C)CC)[C@H](C[C@@H](O)c1nc(C(=O)OC)cs1)C(C)C. The van der Waals surface area contributed by atoms with Crippen molar-refractivity contribution in [1.82, 2.24) is 20.1 Å². The molecule has 232 valence electrons. The van der Waals surface area contributed by atoms with Gasteiger partial charge in [-0.1, -0.05) is 47.5 Å². The second-order valence-corrected chi connectivity index (χ2v) is 12.1. The van der Waals surface area contributed by atoms with Gasteiger partial charge in [-0.2, -0.15) is 0 Å². The summed E-state index contributed by atoms with van der Waals surface area (Å²) in [5.74, 6) is -1.91. The lowest BCUT2D eigenvalue weighted by Gasteiger charge is -2.39. The molecule has 2 rings (SSSR count). The third kappa shape index (κ3) is 9.75. The van der Waals surface area contributed by atoms with Crippen molar-refractivity contribution in [3.63, 3.8) is 0 Å². The first kappa shape index (κ1) is 34.6. The summed E-state index contributed by atoms with van der Waals surface area (Å²) in [6.45, 7) is 10.1. The highest BCUT2D eigenvalue weighted by Gasteiger charge is 2.38. The number of likely N-dealkylation sites (tertiary alicyclic amines) is 1. The Morgan fingerprint density at radius 1 is 1.22 bits per heavy atom. The van der Waals surface area contributed by atoms with Crippen LogP contribution in [0.4, 0.5) is 0 Å². The summed E-state index contributed by atoms with van der Waals surface area (Å²) in [6, 6.07) is -1.70. The highest BCUT2D eigenvalue weighted by atomic mass is 32.1. The Balaban J connectivity index is 2.37. The Morgan fingerprint density at radius 2 is 1.93 bits per heavy atom. The predicted molar refractivity (Wildman–Crippen MR) is 156 cm³/mol. The number of aliphatic hydroxyl groups excluding tert-OH is 1. The molecule has 0 radical (unpaired) electrons. The van der Waals surface area contributed by atoms with Gasteiger partial charge in [0.2, 0.25) is 11.8 Å². The first-order valence-corrected chi connectivity index (χ1v) is 15.5. The highest BCUT2D eigenvalue weighted by molar-refractivity contribution is 7.09. The van der Waals surface area contributed by atoms with Gasteiger partial charge in [0.05, 0.1) is 13.2 Å². The van der Waals surface area contributed by atoms with E-state index in [2.05, 4.69) is 10.3 Å². The monoisotopic (exact) mass is 596 g/mol. The fraction of sp³-hybridized carbons (Fsp3) is 0.759. The molecule has 5 atom stereocenters. The molecule has 1 aliphatic heterocycles. The maximum atomic E-state index is 14.3. The summed E-state index contributed by atoms with van der Waals surface area (Å²) in [7, 11) is 3.18. The van der Waals surface area contributed by atoms with E-state index in [0.717, 1.165) is 37.1 Å². The Morgan fingerprint density at radius 3 is 2.51 bits per heavy atom. The van der Waals surface area contributed by atoms with E-state index in [1.165, 1.54) is 17.4 Å². The van der Waals surface area contributed by atoms with Crippen LogP contribution in [0.25, 0.3) is 0 Å². The first-order chi connectivity index (χ1) is 19.4. The van der Waals surface area contributed by atoms with Gasteiger partial charge >= 0.3 is 11.9 Å². The second-order valence-electron chi connectivity index (χ2n) is 11.2. The quantitative estimate of drug-likeness (QED) is 0.230. The maximum absolute atomic E-state index is 14.3. The van der Waals surface area contributed by atoms with Crippen LogP contribution >= 0.6 is 11.3 Å². The topological polar surface area (TPSA) is 138 Å². The fourth-order valence-electron chi connectivity index (χ4n) is 4.99. The zero-order valence-corrected chi connectivity index (χ0v) is 26.4. The number of thiazole rings is 1. The Kier molecular flexibility index (Phi) is 14.2. The molecule has 1 aromatic rings. The lowest BCUT2D eigenvalue weighted by Crippen LogP contribution is -2.59. The standard InChI is InChI=1S/C29H48N4O7S/c1-8-12-24(35)40-17-33(22(18(3)4)15-23(34)27-30-20(16-41-27)29(38)39-7)28(37)25(19(5)9-2)31-26(36)21-13-10-11-14-32(21)6/h16,18-19,21-23,25,34H,8-15,17H2,1-7H3,(H,31,36)/t19?,21?,22-,23-,25?/m1/s1. The number of carbonyl (C=O) groups is 4. The molecule has 1 saturated heterocycles. The molecule has 2 heterocycles. The summed E-state index contributed by atoms with van der Waals surface area (Å²) in [6.07, 6.45) is 3.18. The van der Waals surface area contributed by atoms with Gasteiger partial charge in [0.25, 0.3) is 0 Å². The van der Waals surface area contributed by atoms with E-state index >= 15 is 0 Å². The molecule has 11 nitrogen and oxygen atoms in total. The number of methoxy groups -OCH3 is 1. The number of ether oxygens (including phenoxy) is 2. The third-order valence-corrected chi connectivity index (χ3v) is 8.73.